The number of benzene rings is 1. The highest BCUT2D eigenvalue weighted by atomic mass is 14.7. The Kier molecular flexibility index (Phi) is 3.82. The van der Waals surface area contributed by atoms with Crippen LogP contribution in [0.2, 0.25) is 0 Å². The van der Waals surface area contributed by atoms with Gasteiger partial charge in [0.1, 0.15) is 0 Å². The molecule has 98 valence electrons. The van der Waals surface area contributed by atoms with E-state index in [1.807, 2.05) is 64.2 Å². The molecule has 20 heavy (non-hydrogen) atoms. The van der Waals surface area contributed by atoms with E-state index in [-0.39, 0.29) is 0 Å². The van der Waals surface area contributed by atoms with Crippen LogP contribution >= 0.6 is 0 Å². The minimum atomic E-state index is -0.464. The van der Waals surface area contributed by atoms with E-state index >= 15 is 0 Å². The molecule has 0 saturated heterocycles. The SMILES string of the molecule is [B]C(C)(C)c1cnc(-c2ccccc2)cc1C([B])(C)C. The van der Waals surface area contributed by atoms with E-state index in [0.29, 0.717) is 0 Å². The van der Waals surface area contributed by atoms with Gasteiger partial charge >= 0.3 is 0 Å². The van der Waals surface area contributed by atoms with E-state index in [2.05, 4.69) is 11.1 Å². The molecule has 4 radical (unpaired) electrons. The van der Waals surface area contributed by atoms with E-state index < -0.39 is 10.6 Å². The largest absolute Gasteiger partial charge is 0.256 e. The van der Waals surface area contributed by atoms with Gasteiger partial charge in [-0.25, -0.2) is 0 Å². The van der Waals surface area contributed by atoms with Crippen molar-refractivity contribution in [2.75, 3.05) is 0 Å². The predicted octanol–water partition coefficient (Wildman–Crippen LogP) is 3.56. The lowest BCUT2D eigenvalue weighted by Gasteiger charge is -2.30. The molecule has 0 spiro atoms. The Morgan fingerprint density at radius 1 is 0.850 bits per heavy atom. The zero-order chi connectivity index (χ0) is 15.0. The Balaban J connectivity index is 2.62. The lowest BCUT2D eigenvalue weighted by Crippen LogP contribution is -2.27. The van der Waals surface area contributed by atoms with Gasteiger partial charge in [0, 0.05) is 11.8 Å². The Morgan fingerprint density at radius 2 is 1.40 bits per heavy atom. The quantitative estimate of drug-likeness (QED) is 0.768. The summed E-state index contributed by atoms with van der Waals surface area (Å²) in [6, 6.07) is 12.1. The first-order chi connectivity index (χ1) is 9.19. The Hall–Kier alpha value is -1.50. The van der Waals surface area contributed by atoms with Crippen LogP contribution in [0.3, 0.4) is 0 Å². The lowest BCUT2D eigenvalue weighted by atomic mass is 9.59. The molecule has 2 aromatic rings. The van der Waals surface area contributed by atoms with E-state index in [1.165, 1.54) is 0 Å². The molecule has 1 aromatic heterocycles. The number of pyridine rings is 1. The van der Waals surface area contributed by atoms with Gasteiger partial charge in [0.2, 0.25) is 0 Å². The molecule has 2 rings (SSSR count). The summed E-state index contributed by atoms with van der Waals surface area (Å²) < 4.78 is 0. The Morgan fingerprint density at radius 3 is 1.90 bits per heavy atom. The maximum atomic E-state index is 6.32. The van der Waals surface area contributed by atoms with Gasteiger partial charge in [-0.2, -0.15) is 0 Å². The number of aromatic nitrogens is 1. The van der Waals surface area contributed by atoms with Gasteiger partial charge < -0.3 is 0 Å². The molecule has 0 aliphatic carbocycles. The van der Waals surface area contributed by atoms with Crippen LogP contribution in [-0.4, -0.2) is 20.7 Å². The molecule has 0 aliphatic heterocycles. The molecule has 0 saturated carbocycles. The predicted molar refractivity (Wildman–Crippen MR) is 87.2 cm³/mol. The van der Waals surface area contributed by atoms with Crippen molar-refractivity contribution in [3.05, 3.63) is 53.7 Å². The van der Waals surface area contributed by atoms with Crippen molar-refractivity contribution in [3.63, 3.8) is 0 Å². The summed E-state index contributed by atoms with van der Waals surface area (Å²) in [6.07, 6.45) is 1.85. The minimum Gasteiger partial charge on any atom is -0.256 e. The smallest absolute Gasteiger partial charge is 0.0803 e. The van der Waals surface area contributed by atoms with Gasteiger partial charge in [-0.1, -0.05) is 58.0 Å². The number of hydrogen-bond acceptors (Lipinski definition) is 1. The maximum absolute atomic E-state index is 6.32. The van der Waals surface area contributed by atoms with Crippen molar-refractivity contribution in [1.29, 1.82) is 0 Å². The number of hydrogen-bond donors (Lipinski definition) is 0. The highest BCUT2D eigenvalue weighted by Gasteiger charge is 2.25. The molecule has 0 unspecified atom stereocenters. The van der Waals surface area contributed by atoms with E-state index in [4.69, 9.17) is 15.7 Å². The molecule has 0 aliphatic rings. The zero-order valence-electron chi connectivity index (χ0n) is 12.6. The minimum absolute atomic E-state index is 0.460. The van der Waals surface area contributed by atoms with Crippen LogP contribution < -0.4 is 0 Å². The highest BCUT2D eigenvalue weighted by Crippen LogP contribution is 2.32. The summed E-state index contributed by atoms with van der Waals surface area (Å²) in [5.41, 5.74) is 4.04. The molecule has 1 aromatic carbocycles. The van der Waals surface area contributed by atoms with Crippen molar-refractivity contribution < 1.29 is 0 Å². The van der Waals surface area contributed by atoms with Crippen LogP contribution in [0.5, 0.6) is 0 Å². The van der Waals surface area contributed by atoms with E-state index in [1.54, 1.807) is 0 Å². The first-order valence-electron chi connectivity index (χ1n) is 6.84. The van der Waals surface area contributed by atoms with Crippen LogP contribution in [0.15, 0.2) is 42.6 Å². The van der Waals surface area contributed by atoms with Gasteiger partial charge in [0.25, 0.3) is 0 Å². The van der Waals surface area contributed by atoms with Crippen LogP contribution in [0.1, 0.15) is 38.8 Å². The van der Waals surface area contributed by atoms with Crippen LogP contribution in [0, 0.1) is 0 Å². The van der Waals surface area contributed by atoms with Crippen molar-refractivity contribution in [3.8, 4) is 11.3 Å². The highest BCUT2D eigenvalue weighted by molar-refractivity contribution is 6.17. The second-order valence-corrected chi connectivity index (χ2v) is 6.42. The standard InChI is InChI=1S/C17H19B2N/c1-16(2,18)13-10-15(12-8-6-5-7-9-12)20-11-14(13)17(3,4)19/h5-11H,1-4H3. The van der Waals surface area contributed by atoms with Crippen LogP contribution in [0.25, 0.3) is 11.3 Å². The Bertz CT molecular complexity index is 593. The molecular formula is C17H19B2N. The van der Waals surface area contributed by atoms with Crippen LogP contribution in [0.4, 0.5) is 0 Å². The topological polar surface area (TPSA) is 12.9 Å². The first kappa shape index (κ1) is 14.9. The fourth-order valence-electron chi connectivity index (χ4n) is 2.27. The summed E-state index contributed by atoms with van der Waals surface area (Å²) in [6.45, 7) is 7.93. The fourth-order valence-corrected chi connectivity index (χ4v) is 2.27. The number of rotatable bonds is 3. The molecule has 0 N–H and O–H groups in total. The lowest BCUT2D eigenvalue weighted by molar-refractivity contribution is 0.687. The summed E-state index contributed by atoms with van der Waals surface area (Å²) in [5.74, 6) is 0. The van der Waals surface area contributed by atoms with Gasteiger partial charge in [0.15, 0.2) is 0 Å². The molecule has 1 nitrogen and oxygen atoms in total. The van der Waals surface area contributed by atoms with Crippen molar-refractivity contribution >= 4 is 15.7 Å². The maximum Gasteiger partial charge on any atom is 0.0803 e. The van der Waals surface area contributed by atoms with Crippen molar-refractivity contribution in [2.45, 2.75) is 38.3 Å². The van der Waals surface area contributed by atoms with E-state index in [0.717, 1.165) is 22.4 Å². The molecule has 1 heterocycles. The second kappa shape index (κ2) is 5.12. The zero-order valence-corrected chi connectivity index (χ0v) is 12.6. The second-order valence-electron chi connectivity index (χ2n) is 6.42. The monoisotopic (exact) mass is 259 g/mol. The Labute approximate surface area is 124 Å². The third-order valence-corrected chi connectivity index (χ3v) is 3.36. The molecule has 0 amide bonds. The normalized spacial score (nSPS) is 12.4. The average Bonchev–Trinajstić information content (AvgIpc) is 2.37. The van der Waals surface area contributed by atoms with Gasteiger partial charge in [-0.15, -0.1) is 0 Å². The summed E-state index contributed by atoms with van der Waals surface area (Å²) in [7, 11) is 12.6. The third kappa shape index (κ3) is 3.15. The van der Waals surface area contributed by atoms with Gasteiger partial charge in [-0.3, -0.25) is 4.98 Å². The molecule has 3 heteroatoms. The summed E-state index contributed by atoms with van der Waals surface area (Å²) in [5, 5.41) is -0.924. The van der Waals surface area contributed by atoms with Crippen LogP contribution in [-0.2, 0) is 10.6 Å². The van der Waals surface area contributed by atoms with E-state index in [9.17, 15) is 0 Å². The molecule has 0 atom stereocenters. The summed E-state index contributed by atoms with van der Waals surface area (Å²) >= 11 is 0. The number of nitrogens with zero attached hydrogens (tertiary/aromatic N) is 1. The molecule has 0 bridgehead atoms. The average molecular weight is 259 g/mol. The molecular weight excluding hydrogens is 240 g/mol. The van der Waals surface area contributed by atoms with Gasteiger partial charge in [-0.05, 0) is 27.8 Å². The molecule has 0 fully saturated rings. The first-order valence-corrected chi connectivity index (χ1v) is 6.84. The third-order valence-electron chi connectivity index (χ3n) is 3.36. The van der Waals surface area contributed by atoms with Crippen molar-refractivity contribution in [1.82, 2.24) is 4.98 Å². The fraction of sp³-hybridized carbons (Fsp3) is 0.353. The van der Waals surface area contributed by atoms with Gasteiger partial charge in [0.05, 0.1) is 21.4 Å². The summed E-state index contributed by atoms with van der Waals surface area (Å²) in [4.78, 5) is 4.55. The van der Waals surface area contributed by atoms with Crippen molar-refractivity contribution in [2.24, 2.45) is 0 Å².